The fourth-order valence-electron chi connectivity index (χ4n) is 0.278. The normalized spacial score (nSPS) is 10.0. The first-order valence-electron chi connectivity index (χ1n) is 2.37. The summed E-state index contributed by atoms with van der Waals surface area (Å²) in [6.07, 6.45) is 5.07. The molecular formula is C5H10O2. The SMILES string of the molecule is CCC/C=C/OO. The van der Waals surface area contributed by atoms with Gasteiger partial charge in [0.1, 0.15) is 6.26 Å². The minimum Gasteiger partial charge on any atom is -0.349 e. The largest absolute Gasteiger partial charge is 0.349 e. The van der Waals surface area contributed by atoms with Gasteiger partial charge in [-0.1, -0.05) is 13.3 Å². The van der Waals surface area contributed by atoms with Crippen molar-refractivity contribution in [2.75, 3.05) is 0 Å². The molecule has 0 aliphatic carbocycles. The Morgan fingerprint density at radius 3 is 2.86 bits per heavy atom. The molecule has 0 fully saturated rings. The smallest absolute Gasteiger partial charge is 0.125 e. The Labute approximate surface area is 43.3 Å². The van der Waals surface area contributed by atoms with Gasteiger partial charge >= 0.3 is 0 Å². The summed E-state index contributed by atoms with van der Waals surface area (Å²) < 4.78 is 0. The van der Waals surface area contributed by atoms with Crippen molar-refractivity contribution in [3.63, 3.8) is 0 Å². The van der Waals surface area contributed by atoms with E-state index < -0.39 is 0 Å². The lowest BCUT2D eigenvalue weighted by atomic mass is 10.3. The number of hydrogen-bond acceptors (Lipinski definition) is 2. The predicted molar refractivity (Wildman–Crippen MR) is 27.8 cm³/mol. The maximum atomic E-state index is 7.71. The number of allylic oxidation sites excluding steroid dienone is 1. The second-order valence-electron chi connectivity index (χ2n) is 1.27. The highest BCUT2D eigenvalue weighted by Crippen LogP contribution is 1.86. The van der Waals surface area contributed by atoms with Crippen LogP contribution in [-0.2, 0) is 4.89 Å². The molecule has 0 aromatic heterocycles. The molecule has 0 spiro atoms. The summed E-state index contributed by atoms with van der Waals surface area (Å²) in [5.74, 6) is 0. The molecule has 0 radical (unpaired) electrons. The molecule has 2 nitrogen and oxygen atoms in total. The van der Waals surface area contributed by atoms with Crippen LogP contribution >= 0.6 is 0 Å². The summed E-state index contributed by atoms with van der Waals surface area (Å²) in [6, 6.07) is 0. The molecule has 0 aliphatic heterocycles. The number of rotatable bonds is 3. The van der Waals surface area contributed by atoms with Crippen LogP contribution in [0.1, 0.15) is 19.8 Å². The van der Waals surface area contributed by atoms with Crippen LogP contribution in [0.2, 0.25) is 0 Å². The van der Waals surface area contributed by atoms with E-state index in [0.717, 1.165) is 12.8 Å². The molecule has 0 aliphatic rings. The molecule has 0 aromatic rings. The molecule has 0 aromatic carbocycles. The van der Waals surface area contributed by atoms with Gasteiger partial charge in [-0.2, -0.15) is 0 Å². The van der Waals surface area contributed by atoms with Crippen molar-refractivity contribution >= 4 is 0 Å². The van der Waals surface area contributed by atoms with Crippen molar-refractivity contribution in [2.24, 2.45) is 0 Å². The van der Waals surface area contributed by atoms with Gasteiger partial charge in [0, 0.05) is 0 Å². The van der Waals surface area contributed by atoms with Crippen LogP contribution in [0.25, 0.3) is 0 Å². The van der Waals surface area contributed by atoms with Crippen LogP contribution in [0.15, 0.2) is 12.3 Å². The first-order valence-corrected chi connectivity index (χ1v) is 2.37. The van der Waals surface area contributed by atoms with Gasteiger partial charge in [-0.05, 0) is 12.5 Å². The molecule has 0 saturated carbocycles. The molecule has 1 N–H and O–H groups in total. The van der Waals surface area contributed by atoms with Gasteiger partial charge in [-0.25, -0.2) is 5.26 Å². The van der Waals surface area contributed by atoms with E-state index in [-0.39, 0.29) is 0 Å². The predicted octanol–water partition coefficient (Wildman–Crippen LogP) is 1.79. The summed E-state index contributed by atoms with van der Waals surface area (Å²) in [6.45, 7) is 2.06. The fraction of sp³-hybridized carbons (Fsp3) is 0.600. The monoisotopic (exact) mass is 102 g/mol. The lowest BCUT2D eigenvalue weighted by Crippen LogP contribution is -1.65. The molecule has 0 heterocycles. The zero-order valence-electron chi connectivity index (χ0n) is 4.42. The Bertz CT molecular complexity index is 50.0. The first kappa shape index (κ1) is 6.50. The van der Waals surface area contributed by atoms with Crippen molar-refractivity contribution in [1.29, 1.82) is 0 Å². The summed E-state index contributed by atoms with van der Waals surface area (Å²) in [7, 11) is 0. The van der Waals surface area contributed by atoms with Crippen LogP contribution in [0.5, 0.6) is 0 Å². The highest BCUT2D eigenvalue weighted by Gasteiger charge is 1.69. The maximum absolute atomic E-state index is 7.71. The highest BCUT2D eigenvalue weighted by molar-refractivity contribution is 4.70. The van der Waals surface area contributed by atoms with Gasteiger partial charge in [0.05, 0.1) is 0 Å². The van der Waals surface area contributed by atoms with E-state index in [2.05, 4.69) is 11.8 Å². The van der Waals surface area contributed by atoms with Crippen LogP contribution in [-0.4, -0.2) is 5.26 Å². The molecule has 0 saturated heterocycles. The average molecular weight is 102 g/mol. The molecule has 0 atom stereocenters. The Kier molecular flexibility index (Phi) is 5.11. The molecule has 2 heteroatoms. The molecule has 0 amide bonds. The Morgan fingerprint density at radius 1 is 1.71 bits per heavy atom. The quantitative estimate of drug-likeness (QED) is 0.334. The topological polar surface area (TPSA) is 29.5 Å². The van der Waals surface area contributed by atoms with E-state index in [0.29, 0.717) is 0 Å². The van der Waals surface area contributed by atoms with E-state index in [1.165, 1.54) is 6.26 Å². The summed E-state index contributed by atoms with van der Waals surface area (Å²) >= 11 is 0. The van der Waals surface area contributed by atoms with Gasteiger partial charge in [-0.3, -0.25) is 0 Å². The summed E-state index contributed by atoms with van der Waals surface area (Å²) in [5, 5.41) is 7.71. The molecule has 7 heavy (non-hydrogen) atoms. The van der Waals surface area contributed by atoms with Gasteiger partial charge in [0.15, 0.2) is 0 Å². The average Bonchev–Trinajstić information content (AvgIpc) is 1.69. The molecule has 42 valence electrons. The van der Waals surface area contributed by atoms with Crippen LogP contribution in [0.4, 0.5) is 0 Å². The molecule has 0 rings (SSSR count). The van der Waals surface area contributed by atoms with E-state index in [1.54, 1.807) is 6.08 Å². The number of unbranched alkanes of at least 4 members (excludes halogenated alkanes) is 1. The second kappa shape index (κ2) is 5.50. The van der Waals surface area contributed by atoms with E-state index in [9.17, 15) is 0 Å². The van der Waals surface area contributed by atoms with Crippen LogP contribution in [0, 0.1) is 0 Å². The third-order valence-electron chi connectivity index (χ3n) is 0.612. The molecule has 0 bridgehead atoms. The van der Waals surface area contributed by atoms with E-state index in [4.69, 9.17) is 5.26 Å². The Hall–Kier alpha value is -0.500. The third kappa shape index (κ3) is 5.50. The van der Waals surface area contributed by atoms with Crippen molar-refractivity contribution < 1.29 is 10.1 Å². The van der Waals surface area contributed by atoms with Gasteiger partial charge in [-0.15, -0.1) is 0 Å². The van der Waals surface area contributed by atoms with E-state index >= 15 is 0 Å². The van der Waals surface area contributed by atoms with Gasteiger partial charge < -0.3 is 4.89 Å². The third-order valence-corrected chi connectivity index (χ3v) is 0.612. The fourth-order valence-corrected chi connectivity index (χ4v) is 0.278. The Morgan fingerprint density at radius 2 is 2.43 bits per heavy atom. The van der Waals surface area contributed by atoms with Gasteiger partial charge in [0.2, 0.25) is 0 Å². The minimum absolute atomic E-state index is 0.959. The standard InChI is InChI=1S/C5H10O2/c1-2-3-4-5-7-6/h4-6H,2-3H2,1H3/b5-4+. The van der Waals surface area contributed by atoms with Crippen LogP contribution in [0.3, 0.4) is 0 Å². The zero-order valence-corrected chi connectivity index (χ0v) is 4.42. The second-order valence-corrected chi connectivity index (χ2v) is 1.27. The zero-order chi connectivity index (χ0) is 5.54. The minimum atomic E-state index is 0.959. The van der Waals surface area contributed by atoms with Crippen LogP contribution < -0.4 is 0 Å². The van der Waals surface area contributed by atoms with E-state index in [1.807, 2.05) is 0 Å². The maximum Gasteiger partial charge on any atom is 0.125 e. The Balaban J connectivity index is 2.78. The van der Waals surface area contributed by atoms with Gasteiger partial charge in [0.25, 0.3) is 0 Å². The summed E-state index contributed by atoms with van der Waals surface area (Å²) in [5.41, 5.74) is 0. The summed E-state index contributed by atoms with van der Waals surface area (Å²) in [4.78, 5) is 3.66. The molecule has 0 unspecified atom stereocenters. The lowest BCUT2D eigenvalue weighted by molar-refractivity contribution is -0.186. The molecular weight excluding hydrogens is 92.1 g/mol. The van der Waals surface area contributed by atoms with Crippen molar-refractivity contribution in [3.8, 4) is 0 Å². The van der Waals surface area contributed by atoms with Crippen molar-refractivity contribution in [1.82, 2.24) is 0 Å². The van der Waals surface area contributed by atoms with Crippen molar-refractivity contribution in [3.05, 3.63) is 12.3 Å². The lowest BCUT2D eigenvalue weighted by Gasteiger charge is -1.81. The van der Waals surface area contributed by atoms with Crippen molar-refractivity contribution in [2.45, 2.75) is 19.8 Å². The number of hydrogen-bond donors (Lipinski definition) is 1. The highest BCUT2D eigenvalue weighted by atomic mass is 17.1. The first-order chi connectivity index (χ1) is 3.41.